The Morgan fingerprint density at radius 3 is 2.06 bits per heavy atom. The number of para-hydroxylation sites is 1. The quantitative estimate of drug-likeness (QED) is 0.296. The molecular formula is C27H16N2O2. The highest BCUT2D eigenvalue weighted by Gasteiger charge is 2.32. The molecule has 0 unspecified atom stereocenters. The average Bonchev–Trinajstić information content (AvgIpc) is 2.81. The first kappa shape index (κ1) is 17.5. The summed E-state index contributed by atoms with van der Waals surface area (Å²) < 4.78 is 0. The second-order valence-electron chi connectivity index (χ2n) is 7.71. The van der Waals surface area contributed by atoms with E-state index in [4.69, 9.17) is 10.7 Å². The lowest BCUT2D eigenvalue weighted by Crippen LogP contribution is -2.22. The molecule has 0 saturated carbocycles. The van der Waals surface area contributed by atoms with E-state index in [0.29, 0.717) is 22.4 Å². The van der Waals surface area contributed by atoms with Crippen molar-refractivity contribution in [3.05, 3.63) is 107 Å². The fraction of sp³-hybridized carbons (Fsp3) is 0. The van der Waals surface area contributed by atoms with Crippen molar-refractivity contribution in [1.82, 2.24) is 4.98 Å². The highest BCUT2D eigenvalue weighted by Crippen LogP contribution is 2.39. The fourth-order valence-corrected chi connectivity index (χ4v) is 4.48. The van der Waals surface area contributed by atoms with Crippen LogP contribution < -0.4 is 5.73 Å². The number of nitrogens with zero attached hydrogens (tertiary/aromatic N) is 1. The van der Waals surface area contributed by atoms with Crippen LogP contribution in [0.4, 0.5) is 5.69 Å². The Labute approximate surface area is 178 Å². The Balaban J connectivity index is 1.62. The van der Waals surface area contributed by atoms with Crippen LogP contribution in [0.15, 0.2) is 84.9 Å². The summed E-state index contributed by atoms with van der Waals surface area (Å²) in [7, 11) is 0. The van der Waals surface area contributed by atoms with Gasteiger partial charge in [-0.2, -0.15) is 0 Å². The maximum atomic E-state index is 13.3. The summed E-state index contributed by atoms with van der Waals surface area (Å²) in [6.07, 6.45) is 0. The first-order chi connectivity index (χ1) is 15.1. The van der Waals surface area contributed by atoms with Crippen molar-refractivity contribution < 1.29 is 9.59 Å². The van der Waals surface area contributed by atoms with E-state index in [1.807, 2.05) is 48.5 Å². The molecule has 0 radical (unpaired) electrons. The van der Waals surface area contributed by atoms with Crippen molar-refractivity contribution in [2.75, 3.05) is 5.73 Å². The molecule has 1 aliphatic carbocycles. The smallest absolute Gasteiger partial charge is 0.196 e. The molecule has 4 nitrogen and oxygen atoms in total. The minimum Gasteiger partial charge on any atom is -0.398 e. The molecule has 0 atom stereocenters. The molecule has 0 fully saturated rings. The van der Waals surface area contributed by atoms with Gasteiger partial charge < -0.3 is 5.73 Å². The van der Waals surface area contributed by atoms with Gasteiger partial charge in [0, 0.05) is 33.0 Å². The lowest BCUT2D eigenvalue weighted by atomic mass is 9.81. The molecular weight excluding hydrogens is 384 g/mol. The highest BCUT2D eigenvalue weighted by atomic mass is 16.1. The second kappa shape index (κ2) is 6.34. The zero-order valence-corrected chi connectivity index (χ0v) is 16.4. The van der Waals surface area contributed by atoms with Gasteiger partial charge in [0.05, 0.1) is 22.3 Å². The Bertz CT molecular complexity index is 1580. The maximum Gasteiger partial charge on any atom is 0.196 e. The summed E-state index contributed by atoms with van der Waals surface area (Å²) in [6, 6.07) is 26.3. The number of anilines is 1. The number of benzene rings is 4. The largest absolute Gasteiger partial charge is 0.398 e. The Morgan fingerprint density at radius 1 is 0.581 bits per heavy atom. The summed E-state index contributed by atoms with van der Waals surface area (Å²) >= 11 is 0. The van der Waals surface area contributed by atoms with Crippen molar-refractivity contribution in [2.45, 2.75) is 0 Å². The molecule has 1 aliphatic rings. The highest BCUT2D eigenvalue weighted by molar-refractivity contribution is 6.31. The number of pyridine rings is 1. The molecule has 0 amide bonds. The molecule has 2 N–H and O–H groups in total. The number of ketones is 2. The van der Waals surface area contributed by atoms with Crippen LogP contribution in [0.25, 0.3) is 32.9 Å². The van der Waals surface area contributed by atoms with Crippen molar-refractivity contribution in [2.24, 2.45) is 0 Å². The average molecular weight is 400 g/mol. The van der Waals surface area contributed by atoms with Gasteiger partial charge in [-0.15, -0.1) is 0 Å². The molecule has 4 heteroatoms. The van der Waals surface area contributed by atoms with E-state index in [-0.39, 0.29) is 17.1 Å². The Hall–Kier alpha value is -4.31. The number of carbonyl (C=O) groups excluding carboxylic acids is 2. The number of aromatic nitrogens is 1. The van der Waals surface area contributed by atoms with Gasteiger partial charge in [0.15, 0.2) is 11.6 Å². The zero-order valence-electron chi connectivity index (χ0n) is 16.4. The molecule has 6 rings (SSSR count). The van der Waals surface area contributed by atoms with Crippen molar-refractivity contribution in [1.29, 1.82) is 0 Å². The van der Waals surface area contributed by atoms with Gasteiger partial charge in [-0.05, 0) is 29.8 Å². The van der Waals surface area contributed by atoms with Gasteiger partial charge in [0.1, 0.15) is 0 Å². The maximum absolute atomic E-state index is 13.3. The molecule has 0 bridgehead atoms. The van der Waals surface area contributed by atoms with Crippen LogP contribution in [0.5, 0.6) is 0 Å². The van der Waals surface area contributed by atoms with Crippen LogP contribution in [0, 0.1) is 0 Å². The summed E-state index contributed by atoms with van der Waals surface area (Å²) in [6.45, 7) is 0. The minimum atomic E-state index is -0.214. The first-order valence-corrected chi connectivity index (χ1v) is 10.0. The minimum absolute atomic E-state index is 0.172. The van der Waals surface area contributed by atoms with Gasteiger partial charge in [-0.1, -0.05) is 60.7 Å². The molecule has 1 aromatic heterocycles. The van der Waals surface area contributed by atoms with E-state index in [0.717, 1.165) is 32.9 Å². The summed E-state index contributed by atoms with van der Waals surface area (Å²) in [5, 5.41) is 1.97. The van der Waals surface area contributed by atoms with Crippen LogP contribution in [0.3, 0.4) is 0 Å². The molecule has 146 valence electrons. The molecule has 5 aromatic rings. The van der Waals surface area contributed by atoms with E-state index >= 15 is 0 Å². The van der Waals surface area contributed by atoms with E-state index in [1.165, 1.54) is 0 Å². The zero-order chi connectivity index (χ0) is 21.1. The van der Waals surface area contributed by atoms with Crippen molar-refractivity contribution in [3.63, 3.8) is 0 Å². The predicted molar refractivity (Wildman–Crippen MR) is 122 cm³/mol. The lowest BCUT2D eigenvalue weighted by Gasteiger charge is -2.21. The van der Waals surface area contributed by atoms with Gasteiger partial charge in [-0.3, -0.25) is 9.59 Å². The van der Waals surface area contributed by atoms with Gasteiger partial charge in [0.2, 0.25) is 0 Å². The number of hydrogen-bond donors (Lipinski definition) is 1. The standard InChI is InChI=1S/C27H16N2O2/c28-25-17(12-13-20-24(25)27(31)19-8-3-2-7-18(19)26(20)30)16-9-5-11-23-21(16)14-15-6-1-4-10-22(15)29-23/h1-14H,28H2. The van der Waals surface area contributed by atoms with Crippen molar-refractivity contribution in [3.8, 4) is 11.1 Å². The number of nitrogen functional groups attached to an aromatic ring is 1. The van der Waals surface area contributed by atoms with Gasteiger partial charge >= 0.3 is 0 Å². The fourth-order valence-electron chi connectivity index (χ4n) is 4.48. The number of rotatable bonds is 1. The molecule has 31 heavy (non-hydrogen) atoms. The molecule has 0 saturated heterocycles. The number of carbonyl (C=O) groups is 2. The third-order valence-corrected chi connectivity index (χ3v) is 5.98. The molecule has 4 aromatic carbocycles. The third-order valence-electron chi connectivity index (χ3n) is 5.98. The summed E-state index contributed by atoms with van der Waals surface area (Å²) in [5.41, 5.74) is 11.7. The number of fused-ring (bicyclic) bond motifs is 4. The Morgan fingerprint density at radius 2 is 1.23 bits per heavy atom. The van der Waals surface area contributed by atoms with Crippen LogP contribution >= 0.6 is 0 Å². The van der Waals surface area contributed by atoms with Crippen LogP contribution in [-0.2, 0) is 0 Å². The summed E-state index contributed by atoms with van der Waals surface area (Å²) in [5.74, 6) is -0.387. The molecule has 0 spiro atoms. The first-order valence-electron chi connectivity index (χ1n) is 10.0. The lowest BCUT2D eigenvalue weighted by molar-refractivity contribution is 0.0980. The number of nitrogens with two attached hydrogens (primary N) is 1. The normalized spacial score (nSPS) is 12.8. The topological polar surface area (TPSA) is 73.0 Å². The van der Waals surface area contributed by atoms with Crippen LogP contribution in [0.1, 0.15) is 31.8 Å². The third kappa shape index (κ3) is 2.45. The van der Waals surface area contributed by atoms with Crippen LogP contribution in [0.2, 0.25) is 0 Å². The summed E-state index contributed by atoms with van der Waals surface area (Å²) in [4.78, 5) is 31.0. The Kier molecular flexibility index (Phi) is 3.59. The van der Waals surface area contributed by atoms with Gasteiger partial charge in [-0.25, -0.2) is 4.98 Å². The molecule has 1 heterocycles. The van der Waals surface area contributed by atoms with E-state index in [9.17, 15) is 9.59 Å². The SMILES string of the molecule is Nc1c(-c2cccc3nc4ccccc4cc23)ccc2c1C(=O)c1ccccc1C2=O. The van der Waals surface area contributed by atoms with Gasteiger partial charge in [0.25, 0.3) is 0 Å². The second-order valence-corrected chi connectivity index (χ2v) is 7.71. The van der Waals surface area contributed by atoms with E-state index in [2.05, 4.69) is 6.07 Å². The van der Waals surface area contributed by atoms with Crippen molar-refractivity contribution >= 4 is 39.1 Å². The van der Waals surface area contributed by atoms with E-state index < -0.39 is 0 Å². The van der Waals surface area contributed by atoms with Crippen LogP contribution in [-0.4, -0.2) is 16.6 Å². The van der Waals surface area contributed by atoms with E-state index in [1.54, 1.807) is 30.3 Å². The predicted octanol–water partition coefficient (Wildman–Crippen LogP) is 5.41. The number of hydrogen-bond acceptors (Lipinski definition) is 4. The monoisotopic (exact) mass is 400 g/mol. The molecule has 0 aliphatic heterocycles.